The third kappa shape index (κ3) is 2.85. The van der Waals surface area contributed by atoms with Gasteiger partial charge < -0.3 is 5.11 Å². The molecule has 1 N–H and O–H groups in total. The third-order valence-corrected chi connectivity index (χ3v) is 4.46. The summed E-state index contributed by atoms with van der Waals surface area (Å²) in [5.74, 6) is -2.62. The first-order valence-electron chi connectivity index (χ1n) is 5.70. The first kappa shape index (κ1) is 14.2. The Bertz CT molecular complexity index is 753. The Morgan fingerprint density at radius 2 is 1.65 bits per heavy atom. The molecule has 0 aliphatic rings. The van der Waals surface area contributed by atoms with Gasteiger partial charge in [-0.3, -0.25) is 0 Å². The number of benzene rings is 2. The Balaban J connectivity index is 2.45. The Morgan fingerprint density at radius 1 is 1.05 bits per heavy atom. The van der Waals surface area contributed by atoms with Crippen molar-refractivity contribution in [3.05, 3.63) is 65.5 Å². The predicted molar refractivity (Wildman–Crippen MR) is 70.7 cm³/mol. The lowest BCUT2D eigenvalue weighted by molar-refractivity contribution is 0.0696. The number of hydrogen-bond donors (Lipinski definition) is 1. The molecular weight excluding hydrogens is 283 g/mol. The van der Waals surface area contributed by atoms with E-state index < -0.39 is 32.3 Å². The zero-order valence-corrected chi connectivity index (χ0v) is 11.1. The maximum Gasteiger partial charge on any atom is 0.335 e. The van der Waals surface area contributed by atoms with E-state index in [1.807, 2.05) is 0 Å². The lowest BCUT2D eigenvalue weighted by atomic mass is 10.1. The van der Waals surface area contributed by atoms with E-state index >= 15 is 0 Å². The standard InChI is InChI=1S/C14H11FO4S/c15-12-7-3-4-8-13(12)20(18,19)9-10-5-1-2-6-11(10)14(16)17/h1-8H,9H2,(H,16,17). The van der Waals surface area contributed by atoms with Crippen molar-refractivity contribution in [1.29, 1.82) is 0 Å². The van der Waals surface area contributed by atoms with Crippen LogP contribution in [0.3, 0.4) is 0 Å². The van der Waals surface area contributed by atoms with Crippen LogP contribution in [0.2, 0.25) is 0 Å². The van der Waals surface area contributed by atoms with Gasteiger partial charge in [-0.15, -0.1) is 0 Å². The van der Waals surface area contributed by atoms with Crippen molar-refractivity contribution in [3.63, 3.8) is 0 Å². The van der Waals surface area contributed by atoms with Gasteiger partial charge in [0.2, 0.25) is 0 Å². The minimum absolute atomic E-state index is 0.104. The molecule has 20 heavy (non-hydrogen) atoms. The van der Waals surface area contributed by atoms with E-state index in [1.54, 1.807) is 6.07 Å². The normalized spacial score (nSPS) is 11.2. The maximum absolute atomic E-state index is 13.6. The predicted octanol–water partition coefficient (Wildman–Crippen LogP) is 2.50. The fourth-order valence-corrected chi connectivity index (χ4v) is 3.30. The Kier molecular flexibility index (Phi) is 3.85. The van der Waals surface area contributed by atoms with Crippen LogP contribution in [0, 0.1) is 5.82 Å². The van der Waals surface area contributed by atoms with Crippen LogP contribution in [-0.2, 0) is 15.6 Å². The highest BCUT2D eigenvalue weighted by molar-refractivity contribution is 7.90. The highest BCUT2D eigenvalue weighted by Crippen LogP contribution is 2.21. The summed E-state index contributed by atoms with van der Waals surface area (Å²) in [7, 11) is -3.94. The molecule has 0 saturated heterocycles. The highest BCUT2D eigenvalue weighted by Gasteiger charge is 2.22. The molecule has 0 atom stereocenters. The third-order valence-electron chi connectivity index (χ3n) is 2.77. The molecule has 2 aromatic carbocycles. The molecule has 0 aliphatic carbocycles. The second-order valence-corrected chi connectivity index (χ2v) is 6.11. The molecule has 0 aliphatic heterocycles. The van der Waals surface area contributed by atoms with Crippen molar-refractivity contribution in [3.8, 4) is 0 Å². The summed E-state index contributed by atoms with van der Waals surface area (Å²) in [6.45, 7) is 0. The first-order valence-corrected chi connectivity index (χ1v) is 7.35. The molecule has 0 fully saturated rings. The number of carboxylic acid groups (broad SMARTS) is 1. The fraction of sp³-hybridized carbons (Fsp3) is 0.0714. The van der Waals surface area contributed by atoms with E-state index in [2.05, 4.69) is 0 Å². The second kappa shape index (κ2) is 5.42. The van der Waals surface area contributed by atoms with E-state index in [0.717, 1.165) is 12.1 Å². The zero-order chi connectivity index (χ0) is 14.8. The van der Waals surface area contributed by atoms with E-state index in [1.165, 1.54) is 30.3 Å². The molecule has 0 saturated carbocycles. The molecule has 104 valence electrons. The molecular formula is C14H11FO4S. The summed E-state index contributed by atoms with van der Waals surface area (Å²) >= 11 is 0. The minimum atomic E-state index is -3.94. The van der Waals surface area contributed by atoms with Crippen molar-refractivity contribution in [2.75, 3.05) is 0 Å². The van der Waals surface area contributed by atoms with Crippen molar-refractivity contribution >= 4 is 15.8 Å². The average molecular weight is 294 g/mol. The van der Waals surface area contributed by atoms with E-state index in [9.17, 15) is 17.6 Å². The molecule has 0 radical (unpaired) electrons. The number of sulfone groups is 1. The van der Waals surface area contributed by atoms with E-state index in [-0.39, 0.29) is 11.1 Å². The molecule has 0 amide bonds. The molecule has 0 bridgehead atoms. The van der Waals surface area contributed by atoms with Gasteiger partial charge in [0.25, 0.3) is 0 Å². The lowest BCUT2D eigenvalue weighted by Gasteiger charge is -2.08. The van der Waals surface area contributed by atoms with Crippen LogP contribution in [0.25, 0.3) is 0 Å². The van der Waals surface area contributed by atoms with Gasteiger partial charge in [-0.05, 0) is 23.8 Å². The van der Waals surface area contributed by atoms with Crippen LogP contribution < -0.4 is 0 Å². The number of rotatable bonds is 4. The Hall–Kier alpha value is -2.21. The Labute approximate surface area is 115 Å². The van der Waals surface area contributed by atoms with Gasteiger partial charge in [0.15, 0.2) is 9.84 Å². The van der Waals surface area contributed by atoms with Crippen LogP contribution in [-0.4, -0.2) is 19.5 Å². The molecule has 4 nitrogen and oxygen atoms in total. The smallest absolute Gasteiger partial charge is 0.335 e. The number of hydrogen-bond acceptors (Lipinski definition) is 3. The van der Waals surface area contributed by atoms with E-state index in [0.29, 0.717) is 0 Å². The largest absolute Gasteiger partial charge is 0.478 e. The van der Waals surface area contributed by atoms with Crippen LogP contribution in [0.5, 0.6) is 0 Å². The summed E-state index contributed by atoms with van der Waals surface area (Å²) in [6.07, 6.45) is 0. The van der Waals surface area contributed by atoms with E-state index in [4.69, 9.17) is 5.11 Å². The van der Waals surface area contributed by atoms with Crippen LogP contribution >= 0.6 is 0 Å². The summed E-state index contributed by atoms with van der Waals surface area (Å²) < 4.78 is 37.9. The molecule has 0 spiro atoms. The number of aromatic carboxylic acids is 1. The quantitative estimate of drug-likeness (QED) is 0.940. The van der Waals surface area contributed by atoms with Crippen LogP contribution in [0.1, 0.15) is 15.9 Å². The van der Waals surface area contributed by atoms with Crippen molar-refractivity contribution in [2.45, 2.75) is 10.6 Å². The summed E-state index contributed by atoms with van der Waals surface area (Å²) in [6, 6.07) is 10.8. The average Bonchev–Trinajstić information content (AvgIpc) is 2.39. The van der Waals surface area contributed by atoms with Gasteiger partial charge in [0, 0.05) is 0 Å². The lowest BCUT2D eigenvalue weighted by Crippen LogP contribution is -2.11. The molecule has 2 rings (SSSR count). The molecule has 0 heterocycles. The molecule has 6 heteroatoms. The summed E-state index contributed by atoms with van der Waals surface area (Å²) in [5, 5.41) is 9.02. The topological polar surface area (TPSA) is 71.4 Å². The van der Waals surface area contributed by atoms with Gasteiger partial charge >= 0.3 is 5.97 Å². The zero-order valence-electron chi connectivity index (χ0n) is 10.3. The van der Waals surface area contributed by atoms with Gasteiger partial charge in [-0.25, -0.2) is 17.6 Å². The molecule has 0 unspecified atom stereocenters. The minimum Gasteiger partial charge on any atom is -0.478 e. The van der Waals surface area contributed by atoms with Crippen molar-refractivity contribution in [2.24, 2.45) is 0 Å². The number of halogens is 1. The highest BCUT2D eigenvalue weighted by atomic mass is 32.2. The first-order chi connectivity index (χ1) is 9.42. The molecule has 2 aromatic rings. The fourth-order valence-electron chi connectivity index (χ4n) is 1.83. The van der Waals surface area contributed by atoms with Crippen LogP contribution in [0.4, 0.5) is 4.39 Å². The van der Waals surface area contributed by atoms with Gasteiger partial charge in [-0.2, -0.15) is 0 Å². The van der Waals surface area contributed by atoms with Crippen molar-refractivity contribution < 1.29 is 22.7 Å². The van der Waals surface area contributed by atoms with Gasteiger partial charge in [-0.1, -0.05) is 30.3 Å². The van der Waals surface area contributed by atoms with Crippen LogP contribution in [0.15, 0.2) is 53.4 Å². The van der Waals surface area contributed by atoms with Gasteiger partial charge in [0.05, 0.1) is 11.3 Å². The maximum atomic E-state index is 13.6. The van der Waals surface area contributed by atoms with Gasteiger partial charge in [0.1, 0.15) is 10.7 Å². The monoisotopic (exact) mass is 294 g/mol. The SMILES string of the molecule is O=C(O)c1ccccc1CS(=O)(=O)c1ccccc1F. The second-order valence-electron chi connectivity index (χ2n) is 4.15. The number of carboxylic acids is 1. The van der Waals surface area contributed by atoms with Crippen molar-refractivity contribution in [1.82, 2.24) is 0 Å². The Morgan fingerprint density at radius 3 is 2.30 bits per heavy atom. The summed E-state index contributed by atoms with van der Waals surface area (Å²) in [5.41, 5.74) is 0.0238. The molecule has 0 aromatic heterocycles. The number of carbonyl (C=O) groups is 1. The summed E-state index contributed by atoms with van der Waals surface area (Å²) in [4.78, 5) is 10.6.